The van der Waals surface area contributed by atoms with Crippen LogP contribution < -0.4 is 0 Å². The highest BCUT2D eigenvalue weighted by Gasteiger charge is 2.15. The largest absolute Gasteiger partial charge is 0.643 e. The van der Waals surface area contributed by atoms with Crippen molar-refractivity contribution in [3.63, 3.8) is 0 Å². The predicted molar refractivity (Wildman–Crippen MR) is 303 cm³/mol. The van der Waals surface area contributed by atoms with Gasteiger partial charge in [-0.25, -0.2) is 43.7 Å². The van der Waals surface area contributed by atoms with Gasteiger partial charge in [-0.1, -0.05) is 48.5 Å². The van der Waals surface area contributed by atoms with E-state index in [1.54, 1.807) is 54.7 Å². The first-order chi connectivity index (χ1) is 29.4. The Labute approximate surface area is 454 Å². The molecule has 62 heavy (non-hydrogen) atoms. The summed E-state index contributed by atoms with van der Waals surface area (Å²) in [6.45, 7) is 5.60. The van der Waals surface area contributed by atoms with Crippen LogP contribution in [0, 0.1) is 43.1 Å². The van der Waals surface area contributed by atoms with E-state index in [-0.39, 0.29) is 22.7 Å². The quantitative estimate of drug-likeness (QED) is 0.0779. The van der Waals surface area contributed by atoms with Crippen LogP contribution in [0.2, 0.25) is 0 Å². The molecule has 4 nitrogen and oxygen atoms in total. The smallest absolute Gasteiger partial charge is 0.478 e. The van der Waals surface area contributed by atoms with Crippen LogP contribution in [-0.2, 0) is 0 Å². The minimum atomic E-state index is -1.72. The summed E-state index contributed by atoms with van der Waals surface area (Å²) in [5, 5.41) is 10.3. The molecule has 0 atom stereocenters. The number of halogens is 11. The summed E-state index contributed by atoms with van der Waals surface area (Å²) < 4.78 is 28.5. The average molecular weight is 1530 g/mol. The van der Waals surface area contributed by atoms with Crippen LogP contribution in [0.5, 0.6) is 0 Å². The number of hydrogen-bond acceptors (Lipinski definition) is 5. The third-order valence-electron chi connectivity index (χ3n) is 7.89. The second kappa shape index (κ2) is 30.7. The minimum absolute atomic E-state index is 0.0365. The van der Waals surface area contributed by atoms with E-state index in [1.165, 1.54) is 40.5 Å². The van der Waals surface area contributed by atoms with Crippen LogP contribution in [0.25, 0.3) is 20.9 Å². The van der Waals surface area contributed by atoms with Crippen molar-refractivity contribution >= 4 is 198 Å². The number of carboxylic acid groups (broad SMARTS) is 1. The maximum absolute atomic E-state index is 13.0. The highest BCUT2D eigenvalue weighted by atomic mass is 128. The molecule has 5 aromatic carbocycles. The van der Waals surface area contributed by atoms with Crippen molar-refractivity contribution in [3.05, 3.63) is 193 Å². The molecule has 7 rings (SSSR count). The second-order valence-electron chi connectivity index (χ2n) is 12.2. The van der Waals surface area contributed by atoms with E-state index < -0.39 is 17.4 Å². The van der Waals surface area contributed by atoms with Crippen LogP contribution in [0.3, 0.4) is 0 Å². The Morgan fingerprint density at radius 2 is 0.984 bits per heavy atom. The van der Waals surface area contributed by atoms with E-state index in [1.807, 2.05) is 86.0 Å². The van der Waals surface area contributed by atoms with E-state index in [2.05, 4.69) is 105 Å². The molecule has 0 aliphatic carbocycles. The van der Waals surface area contributed by atoms with Crippen LogP contribution in [0.1, 0.15) is 52.6 Å². The molecule has 0 bridgehead atoms. The Bertz CT molecular complexity index is 2450. The molecule has 7 aromatic rings. The number of carbonyl (C=O) groups excluding carboxylic acids is 2. The fraction of sp³-hybridized carbons (Fsp3) is 0.0682. The molecular formula is C44H32AlCl4F2I5O4S2. The van der Waals surface area contributed by atoms with Gasteiger partial charge >= 0.3 is 17.4 Å². The highest BCUT2D eigenvalue weighted by Crippen LogP contribution is 2.30. The summed E-state index contributed by atoms with van der Waals surface area (Å²) in [5.41, 5.74) is 6.41. The van der Waals surface area contributed by atoms with Crippen molar-refractivity contribution in [2.24, 2.45) is 0 Å². The van der Waals surface area contributed by atoms with Crippen molar-refractivity contribution in [3.8, 4) is 20.9 Å². The zero-order chi connectivity index (χ0) is 46.5. The fourth-order valence-corrected chi connectivity index (χ4v) is 8.26. The number of thiophene rings is 2. The lowest BCUT2D eigenvalue weighted by Crippen LogP contribution is -2.01. The Kier molecular flexibility index (Phi) is 28.6. The number of hydrogen-bond donors (Lipinski definition) is 1. The summed E-state index contributed by atoms with van der Waals surface area (Å²) >= 11 is 17.4. The summed E-state index contributed by atoms with van der Waals surface area (Å²) in [6.07, 6.45) is 0. The molecule has 2 heterocycles. The lowest BCUT2D eigenvalue weighted by atomic mass is 10.0. The molecule has 1 N–H and O–H groups in total. The highest BCUT2D eigenvalue weighted by molar-refractivity contribution is 15.0. The van der Waals surface area contributed by atoms with Crippen molar-refractivity contribution in [2.45, 2.75) is 20.8 Å². The van der Waals surface area contributed by atoms with Gasteiger partial charge in [0.1, 0.15) is 11.6 Å². The first-order valence-electron chi connectivity index (χ1n) is 17.3. The van der Waals surface area contributed by atoms with E-state index in [4.69, 9.17) is 46.9 Å². The Hall–Kier alpha value is -0.488. The van der Waals surface area contributed by atoms with Gasteiger partial charge in [0.2, 0.25) is 5.78 Å². The fourth-order valence-electron chi connectivity index (χ4n) is 4.89. The lowest BCUT2D eigenvalue weighted by Gasteiger charge is -2.04. The number of carbonyl (C=O) groups is 3. The monoisotopic (exact) mass is 1530 g/mol. The van der Waals surface area contributed by atoms with Crippen LogP contribution in [-0.4, -0.2) is 33.5 Å². The van der Waals surface area contributed by atoms with E-state index in [9.17, 15) is 23.2 Å². The van der Waals surface area contributed by atoms with Crippen LogP contribution in [0.15, 0.2) is 133 Å². The first kappa shape index (κ1) is 57.6. The number of aromatic carboxylic acids is 1. The molecular weight excluding hydrogens is 1500 g/mol. The molecule has 0 unspecified atom stereocenters. The molecule has 0 aliphatic rings. The summed E-state index contributed by atoms with van der Waals surface area (Å²) in [6, 6.07) is 37.5. The SMILES string of the molecule is Cc1ccc(I)cc1C(=O)Cl.Cc1ccc(I)cc1C(=O)O.Cc1ccc(I)cc1C(=O)c1ccc(-c2ccc(F)cc2)s1.Fc1ccc(-c2cccs2)cc1.II.[Cl][Al]([Cl])[Cl]. The van der Waals surface area contributed by atoms with Crippen molar-refractivity contribution in [1.29, 1.82) is 0 Å². The van der Waals surface area contributed by atoms with Crippen molar-refractivity contribution in [1.82, 2.24) is 0 Å². The minimum Gasteiger partial charge on any atom is -0.478 e. The van der Waals surface area contributed by atoms with E-state index in [0.717, 1.165) is 49.0 Å². The molecule has 0 fully saturated rings. The normalized spacial score (nSPS) is 9.71. The van der Waals surface area contributed by atoms with Crippen LogP contribution >= 0.6 is 169 Å². The van der Waals surface area contributed by atoms with Gasteiger partial charge in [-0.05, 0) is 212 Å². The summed E-state index contributed by atoms with van der Waals surface area (Å²) in [4.78, 5) is 36.9. The van der Waals surface area contributed by atoms with Gasteiger partial charge in [0.25, 0.3) is 5.24 Å². The molecule has 0 saturated heterocycles. The van der Waals surface area contributed by atoms with Gasteiger partial charge in [0.15, 0.2) is 0 Å². The Balaban J connectivity index is 0.000000286. The summed E-state index contributed by atoms with van der Waals surface area (Å²) in [7, 11) is 14.8. The number of rotatable bonds is 6. The van der Waals surface area contributed by atoms with Gasteiger partial charge in [-0.3, -0.25) is 9.59 Å². The topological polar surface area (TPSA) is 71.4 Å². The van der Waals surface area contributed by atoms with E-state index >= 15 is 0 Å². The molecule has 0 saturated carbocycles. The molecule has 0 spiro atoms. The predicted octanol–water partition coefficient (Wildman–Crippen LogP) is 18.0. The molecule has 324 valence electrons. The summed E-state index contributed by atoms with van der Waals surface area (Å²) in [5.74, 6) is -1.27. The number of ketones is 1. The van der Waals surface area contributed by atoms with Crippen LogP contribution in [0.4, 0.5) is 8.78 Å². The number of benzene rings is 5. The first-order valence-corrected chi connectivity index (χ1v) is 34.2. The zero-order valence-electron chi connectivity index (χ0n) is 32.4. The standard InChI is InChI=1S/C18H12FIOS.C10H7FS.C8H6ClIO.C8H7IO2.Al.3ClH.I2/c1-11-2-7-14(20)10-15(11)18(21)17-9-8-16(22-17)12-3-5-13(19)6-4-12;11-9-5-3-8(4-6-9)10-2-1-7-12-10;1-5-2-3-6(10)4-7(5)8(9)11;1-5-2-3-6(9)4-7(5)8(10)11;;;;;1-2/h2-10H,1H3;1-7H;2-4H,1H3;2-4H,1H3,(H,10,11);;3*1H;/q;;;;+3;;;;/p-3. The van der Waals surface area contributed by atoms with Gasteiger partial charge in [0, 0.05) is 68.8 Å². The molecule has 0 aliphatic heterocycles. The molecule has 0 amide bonds. The lowest BCUT2D eigenvalue weighted by molar-refractivity contribution is 0.0695. The third kappa shape index (κ3) is 21.0. The van der Waals surface area contributed by atoms with Crippen molar-refractivity contribution in [2.75, 3.05) is 0 Å². The number of carboxylic acids is 1. The Morgan fingerprint density at radius 3 is 1.37 bits per heavy atom. The van der Waals surface area contributed by atoms with Gasteiger partial charge in [-0.2, -0.15) is 0 Å². The van der Waals surface area contributed by atoms with Gasteiger partial charge in [-0.15, -0.1) is 22.7 Å². The molecule has 2 aromatic heterocycles. The molecule has 18 heteroatoms. The Morgan fingerprint density at radius 1 is 0.581 bits per heavy atom. The maximum Gasteiger partial charge on any atom is 0.643 e. The maximum atomic E-state index is 13.0. The third-order valence-corrected chi connectivity index (χ3v) is 12.2. The van der Waals surface area contributed by atoms with Gasteiger partial charge < -0.3 is 5.11 Å². The second-order valence-corrected chi connectivity index (χ2v) is 24.7. The van der Waals surface area contributed by atoms with Crippen molar-refractivity contribution < 1.29 is 28.3 Å². The zero-order valence-corrected chi connectivity index (χ0v) is 49.0. The van der Waals surface area contributed by atoms with Gasteiger partial charge in [0.05, 0.1) is 10.4 Å². The average Bonchev–Trinajstić information content (AvgIpc) is 3.96. The van der Waals surface area contributed by atoms with E-state index in [0.29, 0.717) is 16.0 Å². The number of aryl methyl sites for hydroxylation is 3. The molecule has 0 radical (unpaired) electrons.